The van der Waals surface area contributed by atoms with E-state index in [2.05, 4.69) is 35.2 Å². The second kappa shape index (κ2) is 8.12. The molecule has 1 aliphatic carbocycles. The van der Waals surface area contributed by atoms with Crippen LogP contribution in [0.2, 0.25) is 5.02 Å². The molecule has 138 valence electrons. The molecule has 1 saturated heterocycles. The Labute approximate surface area is 161 Å². The van der Waals surface area contributed by atoms with Crippen LogP contribution in [-0.2, 0) is 6.42 Å². The van der Waals surface area contributed by atoms with E-state index in [0.717, 1.165) is 42.0 Å². The first-order valence-electron chi connectivity index (χ1n) is 9.93. The molecule has 2 aromatic carbocycles. The van der Waals surface area contributed by atoms with Crippen LogP contribution in [0, 0.1) is 5.92 Å². The van der Waals surface area contributed by atoms with Crippen LogP contribution in [0.15, 0.2) is 48.5 Å². The molecule has 4 rings (SSSR count). The zero-order valence-corrected chi connectivity index (χ0v) is 16.0. The molecule has 2 aromatic rings. The first kappa shape index (κ1) is 18.0. The maximum Gasteiger partial charge on any atom is 0.0796 e. The Morgan fingerprint density at radius 3 is 2.50 bits per heavy atom. The van der Waals surface area contributed by atoms with Crippen LogP contribution in [0.3, 0.4) is 0 Å². The van der Waals surface area contributed by atoms with Crippen LogP contribution in [0.25, 0.3) is 0 Å². The molecule has 1 aliphatic heterocycles. The van der Waals surface area contributed by atoms with E-state index in [0.29, 0.717) is 11.8 Å². The Bertz CT molecular complexity index is 724. The number of hydrogen-bond acceptors (Lipinski definition) is 2. The minimum atomic E-state index is -0.377. The van der Waals surface area contributed by atoms with E-state index in [1.165, 1.54) is 31.5 Å². The van der Waals surface area contributed by atoms with Crippen LogP contribution in [0.1, 0.15) is 54.4 Å². The fraction of sp³-hybridized carbons (Fsp3) is 0.478. The van der Waals surface area contributed by atoms with Gasteiger partial charge >= 0.3 is 0 Å². The smallest absolute Gasteiger partial charge is 0.0796 e. The van der Waals surface area contributed by atoms with Crippen molar-refractivity contribution < 1.29 is 5.11 Å². The summed E-state index contributed by atoms with van der Waals surface area (Å²) < 4.78 is 0. The van der Waals surface area contributed by atoms with Crippen molar-refractivity contribution in [2.45, 2.75) is 44.1 Å². The van der Waals surface area contributed by atoms with E-state index in [9.17, 15) is 5.11 Å². The Hall–Kier alpha value is -1.35. The van der Waals surface area contributed by atoms with Gasteiger partial charge in [0.15, 0.2) is 0 Å². The molecule has 26 heavy (non-hydrogen) atoms. The lowest BCUT2D eigenvalue weighted by Crippen LogP contribution is -2.36. The minimum Gasteiger partial charge on any atom is -0.388 e. The zero-order chi connectivity index (χ0) is 17.9. The lowest BCUT2D eigenvalue weighted by molar-refractivity contribution is 0.117. The van der Waals surface area contributed by atoms with Crippen molar-refractivity contribution in [3.63, 3.8) is 0 Å². The van der Waals surface area contributed by atoms with E-state index < -0.39 is 0 Å². The number of rotatable bonds is 3. The van der Waals surface area contributed by atoms with Gasteiger partial charge in [0.25, 0.3) is 0 Å². The highest BCUT2D eigenvalue weighted by atomic mass is 35.5. The van der Waals surface area contributed by atoms with Crippen molar-refractivity contribution in [1.29, 1.82) is 0 Å². The summed E-state index contributed by atoms with van der Waals surface area (Å²) in [6.45, 7) is 3.43. The van der Waals surface area contributed by atoms with Crippen molar-refractivity contribution >= 4 is 11.6 Å². The summed E-state index contributed by atoms with van der Waals surface area (Å²) >= 11 is 6.37. The fourth-order valence-electron chi connectivity index (χ4n) is 4.77. The molecule has 1 fully saturated rings. The third-order valence-electron chi connectivity index (χ3n) is 6.25. The number of benzene rings is 2. The molecule has 2 atom stereocenters. The van der Waals surface area contributed by atoms with Crippen molar-refractivity contribution in [3.8, 4) is 0 Å². The number of aliphatic hydroxyl groups is 1. The van der Waals surface area contributed by atoms with E-state index in [1.54, 1.807) is 0 Å². The average Bonchev–Trinajstić information content (AvgIpc) is 2.83. The second-order valence-electron chi connectivity index (χ2n) is 7.95. The fourth-order valence-corrected chi connectivity index (χ4v) is 5.04. The van der Waals surface area contributed by atoms with E-state index in [1.807, 2.05) is 18.2 Å². The lowest BCUT2D eigenvalue weighted by atomic mass is 9.88. The van der Waals surface area contributed by atoms with Gasteiger partial charge in [-0.1, -0.05) is 54.1 Å². The maximum absolute atomic E-state index is 10.7. The second-order valence-corrected chi connectivity index (χ2v) is 8.36. The Kier molecular flexibility index (Phi) is 5.63. The molecule has 2 nitrogen and oxygen atoms in total. The Morgan fingerprint density at radius 1 is 0.962 bits per heavy atom. The summed E-state index contributed by atoms with van der Waals surface area (Å²) in [5.74, 6) is 1.25. The summed E-state index contributed by atoms with van der Waals surface area (Å²) in [5, 5.41) is 11.5. The molecular formula is C23H28ClNO. The molecule has 0 saturated carbocycles. The van der Waals surface area contributed by atoms with Crippen LogP contribution < -0.4 is 0 Å². The third kappa shape index (κ3) is 3.98. The van der Waals surface area contributed by atoms with Crippen molar-refractivity contribution in [2.75, 3.05) is 19.6 Å². The van der Waals surface area contributed by atoms with Gasteiger partial charge in [-0.3, -0.25) is 0 Å². The van der Waals surface area contributed by atoms with Crippen LogP contribution in [0.5, 0.6) is 0 Å². The molecule has 1 N–H and O–H groups in total. The molecular weight excluding hydrogens is 342 g/mol. The van der Waals surface area contributed by atoms with Gasteiger partial charge in [0.05, 0.1) is 6.10 Å². The van der Waals surface area contributed by atoms with Gasteiger partial charge in [0.2, 0.25) is 0 Å². The number of aliphatic hydroxyl groups excluding tert-OH is 1. The number of nitrogens with zero attached hydrogens (tertiary/aromatic N) is 1. The molecule has 2 aliphatic rings. The van der Waals surface area contributed by atoms with Gasteiger partial charge in [-0.15, -0.1) is 0 Å². The van der Waals surface area contributed by atoms with Gasteiger partial charge in [0.1, 0.15) is 0 Å². The maximum atomic E-state index is 10.7. The largest absolute Gasteiger partial charge is 0.388 e. The van der Waals surface area contributed by atoms with Crippen LogP contribution in [0.4, 0.5) is 0 Å². The number of halogens is 1. The number of fused-ring (bicyclic) bond motifs is 1. The summed E-state index contributed by atoms with van der Waals surface area (Å²) in [7, 11) is 0. The normalized spacial score (nSPS) is 24.8. The molecule has 2 unspecified atom stereocenters. The van der Waals surface area contributed by atoms with E-state index in [4.69, 9.17) is 11.6 Å². The third-order valence-corrected chi connectivity index (χ3v) is 6.60. The van der Waals surface area contributed by atoms with Crippen molar-refractivity contribution in [2.24, 2.45) is 5.92 Å². The highest BCUT2D eigenvalue weighted by Crippen LogP contribution is 2.36. The summed E-state index contributed by atoms with van der Waals surface area (Å²) in [4.78, 5) is 2.61. The highest BCUT2D eigenvalue weighted by Gasteiger charge is 2.27. The molecule has 0 aromatic heterocycles. The molecule has 1 heterocycles. The van der Waals surface area contributed by atoms with E-state index in [-0.39, 0.29) is 6.10 Å². The summed E-state index contributed by atoms with van der Waals surface area (Å²) in [6.07, 6.45) is 5.06. The standard InChI is InChI=1S/C23H28ClNO/c24-22-8-4-7-21-20(22)10-9-17(15-23(21)26)16-25-13-11-19(12-14-25)18-5-2-1-3-6-18/h1-8,17,19,23,26H,9-16H2. The van der Waals surface area contributed by atoms with Gasteiger partial charge in [-0.25, -0.2) is 0 Å². The molecule has 0 radical (unpaired) electrons. The van der Waals surface area contributed by atoms with Gasteiger partial charge in [0, 0.05) is 11.6 Å². The van der Waals surface area contributed by atoms with Crippen LogP contribution in [-0.4, -0.2) is 29.6 Å². The molecule has 3 heteroatoms. The predicted octanol–water partition coefficient (Wildman–Crippen LogP) is 5.21. The van der Waals surface area contributed by atoms with Gasteiger partial charge < -0.3 is 10.0 Å². The lowest BCUT2D eigenvalue weighted by Gasteiger charge is -2.34. The quantitative estimate of drug-likeness (QED) is 0.751. The zero-order valence-electron chi connectivity index (χ0n) is 15.3. The Balaban J connectivity index is 1.34. The summed E-state index contributed by atoms with van der Waals surface area (Å²) in [6, 6.07) is 16.9. The highest BCUT2D eigenvalue weighted by molar-refractivity contribution is 6.31. The first-order valence-corrected chi connectivity index (χ1v) is 10.3. The molecule has 0 spiro atoms. The predicted molar refractivity (Wildman–Crippen MR) is 108 cm³/mol. The van der Waals surface area contributed by atoms with Crippen molar-refractivity contribution in [1.82, 2.24) is 4.90 Å². The minimum absolute atomic E-state index is 0.377. The van der Waals surface area contributed by atoms with Crippen molar-refractivity contribution in [3.05, 3.63) is 70.2 Å². The Morgan fingerprint density at radius 2 is 1.73 bits per heavy atom. The first-order chi connectivity index (χ1) is 12.7. The number of likely N-dealkylation sites (tertiary alicyclic amines) is 1. The topological polar surface area (TPSA) is 23.5 Å². The van der Waals surface area contributed by atoms with Gasteiger partial charge in [-0.05, 0) is 79.8 Å². The number of hydrogen-bond donors (Lipinski definition) is 1. The molecule has 0 amide bonds. The SMILES string of the molecule is OC1CC(CN2CCC(c3ccccc3)CC2)CCc2c(Cl)cccc21. The monoisotopic (exact) mass is 369 g/mol. The van der Waals surface area contributed by atoms with Gasteiger partial charge in [-0.2, -0.15) is 0 Å². The average molecular weight is 370 g/mol. The number of piperidine rings is 1. The van der Waals surface area contributed by atoms with E-state index >= 15 is 0 Å². The van der Waals surface area contributed by atoms with Crippen LogP contribution >= 0.6 is 11.6 Å². The summed E-state index contributed by atoms with van der Waals surface area (Å²) in [5.41, 5.74) is 3.69. The molecule has 0 bridgehead atoms.